The summed E-state index contributed by atoms with van der Waals surface area (Å²) in [4.78, 5) is 16.6. The molecule has 1 amide bonds. The van der Waals surface area contributed by atoms with Crippen LogP contribution in [0.15, 0.2) is 40.8 Å². The SMILES string of the molecule is COc1cccc(OC)c1C(=O)NC(=S)Nc1ccc2oc(-c3c(F)c(F)c(F)c(F)c3F)nc2c1. The third-order valence-corrected chi connectivity index (χ3v) is 5.16. The number of halogens is 5. The summed E-state index contributed by atoms with van der Waals surface area (Å²) in [6.45, 7) is 0. The number of carbonyl (C=O) groups is 1. The second-order valence-corrected chi connectivity index (χ2v) is 7.50. The molecule has 186 valence electrons. The number of nitrogens with one attached hydrogen (secondary N) is 2. The average molecular weight is 523 g/mol. The van der Waals surface area contributed by atoms with E-state index in [4.69, 9.17) is 26.1 Å². The van der Waals surface area contributed by atoms with Crippen molar-refractivity contribution in [3.8, 4) is 23.0 Å². The molecule has 0 bridgehead atoms. The summed E-state index contributed by atoms with van der Waals surface area (Å²) in [5, 5.41) is 5.06. The number of oxazole rings is 1. The van der Waals surface area contributed by atoms with E-state index in [2.05, 4.69) is 15.6 Å². The molecule has 1 heterocycles. The summed E-state index contributed by atoms with van der Waals surface area (Å²) in [7, 11) is 2.77. The fourth-order valence-corrected chi connectivity index (χ4v) is 3.52. The molecule has 36 heavy (non-hydrogen) atoms. The van der Waals surface area contributed by atoms with Crippen molar-refractivity contribution in [1.82, 2.24) is 10.3 Å². The Bertz CT molecular complexity index is 1470. The highest BCUT2D eigenvalue weighted by molar-refractivity contribution is 7.80. The molecule has 1 aromatic heterocycles. The molecule has 0 aliphatic rings. The maximum Gasteiger partial charge on any atom is 0.264 e. The van der Waals surface area contributed by atoms with E-state index < -0.39 is 46.4 Å². The Kier molecular flexibility index (Phi) is 6.75. The van der Waals surface area contributed by atoms with Gasteiger partial charge in [-0.2, -0.15) is 0 Å². The van der Waals surface area contributed by atoms with Gasteiger partial charge in [0.15, 0.2) is 34.0 Å². The molecule has 13 heteroatoms. The van der Waals surface area contributed by atoms with E-state index in [1.54, 1.807) is 18.2 Å². The van der Waals surface area contributed by atoms with Crippen LogP contribution in [0, 0.1) is 29.1 Å². The van der Waals surface area contributed by atoms with Crippen LogP contribution in [-0.4, -0.2) is 30.2 Å². The minimum atomic E-state index is -2.29. The number of hydrogen-bond acceptors (Lipinski definition) is 6. The zero-order valence-corrected chi connectivity index (χ0v) is 19.2. The Balaban J connectivity index is 1.58. The van der Waals surface area contributed by atoms with Crippen molar-refractivity contribution < 1.29 is 40.6 Å². The third kappa shape index (κ3) is 4.40. The van der Waals surface area contributed by atoms with Gasteiger partial charge in [0.05, 0.1) is 14.2 Å². The molecule has 0 aliphatic heterocycles. The van der Waals surface area contributed by atoms with E-state index in [1.807, 2.05) is 0 Å². The Morgan fingerprint density at radius 3 is 2.08 bits per heavy atom. The quantitative estimate of drug-likeness (QED) is 0.158. The second kappa shape index (κ2) is 9.77. The Morgan fingerprint density at radius 1 is 0.917 bits per heavy atom. The number of hydrogen-bond donors (Lipinski definition) is 2. The van der Waals surface area contributed by atoms with Gasteiger partial charge in [0, 0.05) is 5.69 Å². The summed E-state index contributed by atoms with van der Waals surface area (Å²) >= 11 is 5.16. The van der Waals surface area contributed by atoms with Crippen molar-refractivity contribution >= 4 is 40.0 Å². The largest absolute Gasteiger partial charge is 0.496 e. The molecule has 0 spiro atoms. The van der Waals surface area contributed by atoms with Gasteiger partial charge in [-0.25, -0.2) is 26.9 Å². The highest BCUT2D eigenvalue weighted by atomic mass is 32.1. The van der Waals surface area contributed by atoms with Crippen LogP contribution in [0.3, 0.4) is 0 Å². The number of nitrogens with zero attached hydrogens (tertiary/aromatic N) is 1. The number of thiocarbonyl (C=S) groups is 1. The Labute approximate surface area is 204 Å². The summed E-state index contributed by atoms with van der Waals surface area (Å²) in [6, 6.07) is 8.85. The Hall–Kier alpha value is -4.26. The van der Waals surface area contributed by atoms with Crippen molar-refractivity contribution in [2.45, 2.75) is 0 Å². The van der Waals surface area contributed by atoms with Gasteiger partial charge in [0.1, 0.15) is 28.1 Å². The first kappa shape index (κ1) is 24.9. The molecule has 4 aromatic rings. The predicted molar refractivity (Wildman–Crippen MR) is 122 cm³/mol. The third-order valence-electron chi connectivity index (χ3n) is 4.95. The standard InChI is InChI=1S/C23H14F5N3O4S/c1-33-12-4-3-5-13(34-2)14(12)21(32)31-23(36)29-9-6-7-11-10(8-9)30-22(35-11)15-16(24)18(26)20(28)19(27)17(15)25/h3-8H,1-2H3,(H2,29,31,32,36). The van der Waals surface area contributed by atoms with Gasteiger partial charge in [-0.15, -0.1) is 0 Å². The maximum atomic E-state index is 14.1. The van der Waals surface area contributed by atoms with E-state index >= 15 is 0 Å². The van der Waals surface area contributed by atoms with Crippen LogP contribution in [-0.2, 0) is 0 Å². The lowest BCUT2D eigenvalue weighted by atomic mass is 10.1. The van der Waals surface area contributed by atoms with Gasteiger partial charge in [0.25, 0.3) is 5.91 Å². The number of anilines is 1. The number of rotatable bonds is 5. The first-order valence-electron chi connectivity index (χ1n) is 9.92. The van der Waals surface area contributed by atoms with Crippen molar-refractivity contribution in [1.29, 1.82) is 0 Å². The lowest BCUT2D eigenvalue weighted by Crippen LogP contribution is -2.34. The van der Waals surface area contributed by atoms with Crippen molar-refractivity contribution in [3.05, 3.63) is 71.0 Å². The van der Waals surface area contributed by atoms with E-state index in [0.717, 1.165) is 0 Å². The zero-order valence-electron chi connectivity index (χ0n) is 18.3. The fraction of sp³-hybridized carbons (Fsp3) is 0.0870. The number of benzene rings is 3. The van der Waals surface area contributed by atoms with Crippen LogP contribution < -0.4 is 20.1 Å². The second-order valence-electron chi connectivity index (χ2n) is 7.09. The monoisotopic (exact) mass is 523 g/mol. The minimum Gasteiger partial charge on any atom is -0.496 e. The number of fused-ring (bicyclic) bond motifs is 1. The zero-order chi connectivity index (χ0) is 26.1. The number of amides is 1. The summed E-state index contributed by atoms with van der Waals surface area (Å²) < 4.78 is 84.3. The number of ether oxygens (including phenoxy) is 2. The van der Waals surface area contributed by atoms with Crippen molar-refractivity contribution in [2.75, 3.05) is 19.5 Å². The first-order valence-corrected chi connectivity index (χ1v) is 10.3. The minimum absolute atomic E-state index is 0.00629. The molecule has 0 radical (unpaired) electrons. The molecule has 0 aliphatic carbocycles. The van der Waals surface area contributed by atoms with E-state index in [-0.39, 0.29) is 39.0 Å². The van der Waals surface area contributed by atoms with E-state index in [0.29, 0.717) is 0 Å². The lowest BCUT2D eigenvalue weighted by molar-refractivity contribution is 0.0971. The molecular weight excluding hydrogens is 509 g/mol. The van der Waals surface area contributed by atoms with Gasteiger partial charge in [-0.3, -0.25) is 10.1 Å². The molecule has 3 aromatic carbocycles. The topological polar surface area (TPSA) is 85.6 Å². The first-order chi connectivity index (χ1) is 17.2. The van der Waals surface area contributed by atoms with Gasteiger partial charge in [0.2, 0.25) is 11.7 Å². The van der Waals surface area contributed by atoms with Crippen LogP contribution in [0.1, 0.15) is 10.4 Å². The predicted octanol–water partition coefficient (Wildman–Crippen LogP) is 5.33. The molecule has 2 N–H and O–H groups in total. The molecular formula is C23H14F5N3O4S. The van der Waals surface area contributed by atoms with Crippen LogP contribution in [0.4, 0.5) is 27.6 Å². The Morgan fingerprint density at radius 2 is 1.50 bits per heavy atom. The van der Waals surface area contributed by atoms with Crippen molar-refractivity contribution in [3.63, 3.8) is 0 Å². The van der Waals surface area contributed by atoms with Crippen LogP contribution in [0.2, 0.25) is 0 Å². The molecule has 0 unspecified atom stereocenters. The van der Waals surface area contributed by atoms with Gasteiger partial charge >= 0.3 is 0 Å². The van der Waals surface area contributed by atoms with Gasteiger partial charge < -0.3 is 19.2 Å². The number of methoxy groups -OCH3 is 2. The summed E-state index contributed by atoms with van der Waals surface area (Å²) in [5.41, 5.74) is -0.915. The fourth-order valence-electron chi connectivity index (χ4n) is 3.31. The smallest absolute Gasteiger partial charge is 0.264 e. The van der Waals surface area contributed by atoms with Gasteiger partial charge in [-0.05, 0) is 42.5 Å². The van der Waals surface area contributed by atoms with Crippen LogP contribution >= 0.6 is 12.2 Å². The van der Waals surface area contributed by atoms with Gasteiger partial charge in [-0.1, -0.05) is 6.07 Å². The van der Waals surface area contributed by atoms with E-state index in [1.165, 1.54) is 32.4 Å². The molecule has 4 rings (SSSR count). The van der Waals surface area contributed by atoms with Crippen molar-refractivity contribution in [2.24, 2.45) is 0 Å². The molecule has 0 saturated carbocycles. The number of aromatic nitrogens is 1. The summed E-state index contributed by atoms with van der Waals surface area (Å²) in [6.07, 6.45) is 0. The number of carbonyl (C=O) groups excluding carboxylic acids is 1. The normalized spacial score (nSPS) is 10.9. The summed E-state index contributed by atoms with van der Waals surface area (Å²) in [5.74, 6) is -11.6. The maximum absolute atomic E-state index is 14.1. The van der Waals surface area contributed by atoms with Crippen LogP contribution in [0.25, 0.3) is 22.6 Å². The molecule has 0 fully saturated rings. The highest BCUT2D eigenvalue weighted by Gasteiger charge is 2.29. The highest BCUT2D eigenvalue weighted by Crippen LogP contribution is 2.33. The van der Waals surface area contributed by atoms with Crippen LogP contribution in [0.5, 0.6) is 11.5 Å². The molecule has 7 nitrogen and oxygen atoms in total. The lowest BCUT2D eigenvalue weighted by Gasteiger charge is -2.14. The molecule has 0 atom stereocenters. The average Bonchev–Trinajstić information content (AvgIpc) is 3.28. The van der Waals surface area contributed by atoms with E-state index in [9.17, 15) is 26.7 Å². The molecule has 0 saturated heterocycles.